The summed E-state index contributed by atoms with van der Waals surface area (Å²) in [5.74, 6) is 0.415. The molecule has 0 bridgehead atoms. The van der Waals surface area contributed by atoms with Crippen molar-refractivity contribution in [3.8, 4) is 0 Å². The second-order valence-electron chi connectivity index (χ2n) is 4.33. The van der Waals surface area contributed by atoms with Crippen LogP contribution in [0, 0.1) is 5.92 Å². The highest BCUT2D eigenvalue weighted by Crippen LogP contribution is 2.53. The average molecular weight is 218 g/mol. The highest BCUT2D eigenvalue weighted by Gasteiger charge is 2.59. The maximum atomic E-state index is 12.1. The third-order valence-corrected chi connectivity index (χ3v) is 3.42. The quantitative estimate of drug-likeness (QED) is 0.793. The first kappa shape index (κ1) is 11.1. The number of carbonyl (C=O) groups excluding carboxylic acids is 1. The second kappa shape index (κ2) is 4.26. The van der Waals surface area contributed by atoms with E-state index in [1.165, 1.54) is 0 Å². The van der Waals surface area contributed by atoms with Gasteiger partial charge in [-0.05, 0) is 31.4 Å². The molecule has 1 aliphatic rings. The molecule has 0 heterocycles. The fraction of sp³-hybridized carbons (Fsp3) is 0.462. The smallest absolute Gasteiger partial charge is 0.230 e. The van der Waals surface area contributed by atoms with Gasteiger partial charge >= 0.3 is 0 Å². The van der Waals surface area contributed by atoms with Crippen LogP contribution in [-0.4, -0.2) is 19.0 Å². The van der Waals surface area contributed by atoms with Crippen LogP contribution in [0.15, 0.2) is 30.3 Å². The Morgan fingerprint density at radius 2 is 2.19 bits per heavy atom. The van der Waals surface area contributed by atoms with Crippen molar-refractivity contribution < 1.29 is 4.79 Å². The first-order valence-electron chi connectivity index (χ1n) is 5.79. The van der Waals surface area contributed by atoms with Gasteiger partial charge in [0.1, 0.15) is 0 Å². The molecule has 1 amide bonds. The molecule has 2 atom stereocenters. The van der Waals surface area contributed by atoms with Crippen molar-refractivity contribution >= 4 is 5.91 Å². The van der Waals surface area contributed by atoms with Gasteiger partial charge in [-0.1, -0.05) is 30.3 Å². The first-order valence-corrected chi connectivity index (χ1v) is 5.79. The van der Waals surface area contributed by atoms with Crippen LogP contribution in [0.4, 0.5) is 0 Å². The van der Waals surface area contributed by atoms with E-state index in [1.54, 1.807) is 0 Å². The van der Waals surface area contributed by atoms with Gasteiger partial charge in [0.25, 0.3) is 0 Å². The molecule has 1 unspecified atom stereocenters. The lowest BCUT2D eigenvalue weighted by atomic mass is 9.92. The van der Waals surface area contributed by atoms with Crippen LogP contribution in [0.2, 0.25) is 0 Å². The molecule has 1 fully saturated rings. The minimum absolute atomic E-state index is 0.122. The number of nitrogens with one attached hydrogen (secondary N) is 1. The molecule has 2 rings (SSSR count). The number of rotatable bonds is 4. The van der Waals surface area contributed by atoms with Crippen molar-refractivity contribution in [1.29, 1.82) is 0 Å². The number of benzene rings is 1. The minimum Gasteiger partial charge on any atom is -0.356 e. The summed E-state index contributed by atoms with van der Waals surface area (Å²) < 4.78 is 0. The van der Waals surface area contributed by atoms with Crippen molar-refractivity contribution in [2.75, 3.05) is 13.1 Å². The molecule has 3 heteroatoms. The Bertz CT molecular complexity index is 377. The van der Waals surface area contributed by atoms with Gasteiger partial charge in [0.15, 0.2) is 0 Å². The van der Waals surface area contributed by atoms with Crippen molar-refractivity contribution in [3.05, 3.63) is 35.9 Å². The van der Waals surface area contributed by atoms with E-state index in [-0.39, 0.29) is 11.3 Å². The number of hydrogen-bond acceptors (Lipinski definition) is 2. The maximum absolute atomic E-state index is 12.1. The van der Waals surface area contributed by atoms with Gasteiger partial charge in [-0.25, -0.2) is 0 Å². The lowest BCUT2D eigenvalue weighted by molar-refractivity contribution is -0.123. The van der Waals surface area contributed by atoms with Crippen molar-refractivity contribution in [3.63, 3.8) is 0 Å². The van der Waals surface area contributed by atoms with E-state index in [4.69, 9.17) is 5.73 Å². The van der Waals surface area contributed by atoms with Crippen LogP contribution in [0.25, 0.3) is 0 Å². The third kappa shape index (κ3) is 1.61. The van der Waals surface area contributed by atoms with E-state index in [9.17, 15) is 4.79 Å². The van der Waals surface area contributed by atoms with Gasteiger partial charge in [0.2, 0.25) is 5.91 Å². The zero-order valence-electron chi connectivity index (χ0n) is 9.57. The topological polar surface area (TPSA) is 55.1 Å². The largest absolute Gasteiger partial charge is 0.356 e. The van der Waals surface area contributed by atoms with Crippen LogP contribution in [0.1, 0.15) is 18.9 Å². The third-order valence-electron chi connectivity index (χ3n) is 3.42. The van der Waals surface area contributed by atoms with E-state index in [0.29, 0.717) is 19.0 Å². The van der Waals surface area contributed by atoms with Crippen LogP contribution in [-0.2, 0) is 10.2 Å². The number of carbonyl (C=O) groups is 1. The number of hydrogen-bond donors (Lipinski definition) is 2. The Kier molecular flexibility index (Phi) is 2.97. The summed E-state index contributed by atoms with van der Waals surface area (Å²) in [5.41, 5.74) is 6.44. The second-order valence-corrected chi connectivity index (χ2v) is 4.33. The monoisotopic (exact) mass is 218 g/mol. The SMILES string of the molecule is CCNC(=O)[C@]1(c2ccccc2)CC1CN. The zero-order chi connectivity index (χ0) is 11.6. The molecule has 3 nitrogen and oxygen atoms in total. The highest BCUT2D eigenvalue weighted by molar-refractivity contribution is 5.92. The van der Waals surface area contributed by atoms with E-state index < -0.39 is 0 Å². The minimum atomic E-state index is -0.355. The fourth-order valence-electron chi connectivity index (χ4n) is 2.43. The van der Waals surface area contributed by atoms with Crippen LogP contribution >= 0.6 is 0 Å². The van der Waals surface area contributed by atoms with E-state index in [0.717, 1.165) is 12.0 Å². The molecule has 3 N–H and O–H groups in total. The summed E-state index contributed by atoms with van der Waals surface area (Å²) in [4.78, 5) is 12.1. The molecular weight excluding hydrogens is 200 g/mol. The van der Waals surface area contributed by atoms with Gasteiger partial charge in [-0.15, -0.1) is 0 Å². The van der Waals surface area contributed by atoms with Gasteiger partial charge in [-0.2, -0.15) is 0 Å². The number of amides is 1. The summed E-state index contributed by atoms with van der Waals surface area (Å²) in [6.07, 6.45) is 0.874. The van der Waals surface area contributed by atoms with Crippen LogP contribution < -0.4 is 11.1 Å². The molecule has 86 valence electrons. The molecule has 0 radical (unpaired) electrons. The number of nitrogens with two attached hydrogens (primary N) is 1. The molecule has 0 aliphatic heterocycles. The Morgan fingerprint density at radius 3 is 2.69 bits per heavy atom. The fourth-order valence-corrected chi connectivity index (χ4v) is 2.43. The molecule has 1 saturated carbocycles. The standard InChI is InChI=1S/C13H18N2O/c1-2-15-12(16)13(8-11(13)9-14)10-6-4-3-5-7-10/h3-7,11H,2,8-9,14H2,1H3,(H,15,16)/t11?,13-/m0/s1. The van der Waals surface area contributed by atoms with Crippen LogP contribution in [0.5, 0.6) is 0 Å². The van der Waals surface area contributed by atoms with E-state index in [2.05, 4.69) is 5.32 Å². The molecule has 1 aromatic rings. The Morgan fingerprint density at radius 1 is 1.50 bits per heavy atom. The van der Waals surface area contributed by atoms with E-state index >= 15 is 0 Å². The summed E-state index contributed by atoms with van der Waals surface area (Å²) >= 11 is 0. The predicted octanol–water partition coefficient (Wildman–Crippen LogP) is 1.04. The van der Waals surface area contributed by atoms with Crippen molar-refractivity contribution in [1.82, 2.24) is 5.32 Å². The molecule has 0 spiro atoms. The van der Waals surface area contributed by atoms with Crippen LogP contribution in [0.3, 0.4) is 0 Å². The van der Waals surface area contributed by atoms with Crippen molar-refractivity contribution in [2.24, 2.45) is 11.7 Å². The predicted molar refractivity (Wildman–Crippen MR) is 64.0 cm³/mol. The number of likely N-dealkylation sites (N-methyl/N-ethyl adjacent to an activating group) is 1. The van der Waals surface area contributed by atoms with Crippen molar-refractivity contribution in [2.45, 2.75) is 18.8 Å². The molecule has 0 aromatic heterocycles. The molecule has 16 heavy (non-hydrogen) atoms. The van der Waals surface area contributed by atoms with Gasteiger partial charge in [0.05, 0.1) is 5.41 Å². The lowest BCUT2D eigenvalue weighted by Gasteiger charge is -2.16. The lowest BCUT2D eigenvalue weighted by Crippen LogP contribution is -2.37. The maximum Gasteiger partial charge on any atom is 0.230 e. The Balaban J connectivity index is 2.28. The average Bonchev–Trinajstić information content (AvgIpc) is 3.06. The van der Waals surface area contributed by atoms with Gasteiger partial charge in [-0.3, -0.25) is 4.79 Å². The zero-order valence-corrected chi connectivity index (χ0v) is 9.57. The molecule has 0 saturated heterocycles. The molecule has 1 aliphatic carbocycles. The summed E-state index contributed by atoms with van der Waals surface area (Å²) in [6, 6.07) is 9.95. The first-order chi connectivity index (χ1) is 7.75. The van der Waals surface area contributed by atoms with E-state index in [1.807, 2.05) is 37.3 Å². The Hall–Kier alpha value is -1.35. The van der Waals surface area contributed by atoms with Gasteiger partial charge < -0.3 is 11.1 Å². The summed E-state index contributed by atoms with van der Waals surface area (Å²) in [6.45, 7) is 3.19. The highest BCUT2D eigenvalue weighted by atomic mass is 16.2. The van der Waals surface area contributed by atoms with Gasteiger partial charge in [0, 0.05) is 6.54 Å². The summed E-state index contributed by atoms with van der Waals surface area (Å²) in [7, 11) is 0. The molecule has 1 aromatic carbocycles. The Labute approximate surface area is 96.0 Å². The summed E-state index contributed by atoms with van der Waals surface area (Å²) in [5, 5.41) is 2.92. The molecular formula is C13H18N2O. The normalized spacial score (nSPS) is 27.5.